The van der Waals surface area contributed by atoms with E-state index in [-0.39, 0.29) is 5.91 Å². The van der Waals surface area contributed by atoms with Crippen LogP contribution in [0.25, 0.3) is 10.2 Å². The van der Waals surface area contributed by atoms with Gasteiger partial charge in [-0.2, -0.15) is 0 Å². The second-order valence-corrected chi connectivity index (χ2v) is 9.02. The van der Waals surface area contributed by atoms with Gasteiger partial charge in [-0.1, -0.05) is 11.3 Å². The highest BCUT2D eigenvalue weighted by molar-refractivity contribution is 7.22. The third-order valence-corrected chi connectivity index (χ3v) is 6.45. The summed E-state index contributed by atoms with van der Waals surface area (Å²) in [4.78, 5) is 26.8. The molecule has 154 valence electrons. The predicted molar refractivity (Wildman–Crippen MR) is 118 cm³/mol. The zero-order chi connectivity index (χ0) is 20.2. The molecule has 0 saturated carbocycles. The maximum absolute atomic E-state index is 12.5. The number of benzene rings is 1. The van der Waals surface area contributed by atoms with Crippen molar-refractivity contribution in [1.82, 2.24) is 19.8 Å². The Kier molecular flexibility index (Phi) is 6.24. The molecule has 0 spiro atoms. The fourth-order valence-electron chi connectivity index (χ4n) is 3.30. The number of rotatable bonds is 7. The molecule has 1 aromatic carbocycles. The average molecular weight is 433 g/mol. The minimum absolute atomic E-state index is 0.0298. The fraction of sp³-hybridized carbons (Fsp3) is 0.421. The minimum Gasteiger partial charge on any atom is -0.494 e. The van der Waals surface area contributed by atoms with E-state index in [0.717, 1.165) is 48.7 Å². The van der Waals surface area contributed by atoms with Gasteiger partial charge < -0.3 is 15.8 Å². The Morgan fingerprint density at radius 2 is 2.03 bits per heavy atom. The number of piperazine rings is 1. The van der Waals surface area contributed by atoms with Crippen LogP contribution in [0.2, 0.25) is 0 Å². The molecule has 0 unspecified atom stereocenters. The van der Waals surface area contributed by atoms with Crippen LogP contribution in [0, 0.1) is 0 Å². The lowest BCUT2D eigenvalue weighted by atomic mass is 10.3. The first-order valence-corrected chi connectivity index (χ1v) is 11.2. The molecular weight excluding hydrogens is 408 g/mol. The van der Waals surface area contributed by atoms with Crippen LogP contribution in [-0.2, 0) is 11.3 Å². The van der Waals surface area contributed by atoms with Crippen molar-refractivity contribution >= 4 is 49.1 Å². The monoisotopic (exact) mass is 432 g/mol. The standard InChI is InChI=1S/C19H24N6O2S2/c1-2-27-13-3-4-15-16(9-13)29-19(22-15)23-17(26)12-25-7-5-24(6-8-25)11-14-10-21-18(20)28-14/h3-4,9-10H,2,5-8,11-12H2,1H3,(H2,20,21)(H,22,23,26). The molecule has 1 fully saturated rings. The number of nitrogen functional groups attached to an aromatic ring is 1. The van der Waals surface area contributed by atoms with Crippen molar-refractivity contribution in [2.45, 2.75) is 13.5 Å². The highest BCUT2D eigenvalue weighted by atomic mass is 32.1. The van der Waals surface area contributed by atoms with Gasteiger partial charge in [0, 0.05) is 43.8 Å². The molecule has 1 amide bonds. The number of aromatic nitrogens is 2. The lowest BCUT2D eigenvalue weighted by Gasteiger charge is -2.33. The summed E-state index contributed by atoms with van der Waals surface area (Å²) in [6.45, 7) is 7.39. The van der Waals surface area contributed by atoms with Gasteiger partial charge in [-0.25, -0.2) is 9.97 Å². The van der Waals surface area contributed by atoms with Crippen molar-refractivity contribution in [3.8, 4) is 5.75 Å². The first-order chi connectivity index (χ1) is 14.1. The number of hydrogen-bond acceptors (Lipinski definition) is 9. The SMILES string of the molecule is CCOc1ccc2nc(NC(=O)CN3CCN(Cc4cnc(N)s4)CC3)sc2c1. The van der Waals surface area contributed by atoms with Crippen LogP contribution in [0.5, 0.6) is 5.75 Å². The molecule has 1 aliphatic rings. The lowest BCUT2D eigenvalue weighted by molar-refractivity contribution is -0.117. The van der Waals surface area contributed by atoms with E-state index in [1.807, 2.05) is 31.3 Å². The van der Waals surface area contributed by atoms with Gasteiger partial charge in [0.2, 0.25) is 5.91 Å². The van der Waals surface area contributed by atoms with Crippen molar-refractivity contribution in [1.29, 1.82) is 0 Å². The molecule has 3 aromatic rings. The number of fused-ring (bicyclic) bond motifs is 1. The van der Waals surface area contributed by atoms with Crippen molar-refractivity contribution in [3.63, 3.8) is 0 Å². The molecule has 1 saturated heterocycles. The summed E-state index contributed by atoms with van der Waals surface area (Å²) in [6.07, 6.45) is 1.84. The van der Waals surface area contributed by atoms with Crippen LogP contribution in [0.15, 0.2) is 24.4 Å². The first-order valence-electron chi connectivity index (χ1n) is 9.57. The molecule has 0 radical (unpaired) electrons. The highest BCUT2D eigenvalue weighted by Gasteiger charge is 2.20. The first kappa shape index (κ1) is 20.0. The number of anilines is 2. The highest BCUT2D eigenvalue weighted by Crippen LogP contribution is 2.29. The van der Waals surface area contributed by atoms with Crippen LogP contribution in [0.1, 0.15) is 11.8 Å². The Morgan fingerprint density at radius 1 is 1.24 bits per heavy atom. The third-order valence-electron chi connectivity index (χ3n) is 4.70. The number of hydrogen-bond donors (Lipinski definition) is 2. The summed E-state index contributed by atoms with van der Waals surface area (Å²) in [5, 5.41) is 4.17. The molecule has 3 N–H and O–H groups in total. The van der Waals surface area contributed by atoms with E-state index in [2.05, 4.69) is 25.1 Å². The third kappa shape index (κ3) is 5.21. The molecule has 0 bridgehead atoms. The van der Waals surface area contributed by atoms with Gasteiger partial charge >= 0.3 is 0 Å². The van der Waals surface area contributed by atoms with E-state index >= 15 is 0 Å². The van der Waals surface area contributed by atoms with Gasteiger partial charge in [-0.15, -0.1) is 11.3 Å². The number of ether oxygens (including phenoxy) is 1. The van der Waals surface area contributed by atoms with E-state index in [4.69, 9.17) is 10.5 Å². The lowest BCUT2D eigenvalue weighted by Crippen LogP contribution is -2.48. The summed E-state index contributed by atoms with van der Waals surface area (Å²) in [5.74, 6) is 0.790. The van der Waals surface area contributed by atoms with Gasteiger partial charge in [0.05, 0.1) is 23.4 Å². The normalized spacial score (nSPS) is 15.6. The Bertz CT molecular complexity index is 980. The zero-order valence-electron chi connectivity index (χ0n) is 16.3. The Morgan fingerprint density at radius 3 is 2.76 bits per heavy atom. The average Bonchev–Trinajstić information content (AvgIpc) is 3.28. The largest absolute Gasteiger partial charge is 0.494 e. The van der Waals surface area contributed by atoms with Crippen LogP contribution in [-0.4, -0.2) is 65.0 Å². The zero-order valence-corrected chi connectivity index (χ0v) is 17.9. The smallest absolute Gasteiger partial charge is 0.240 e. The van der Waals surface area contributed by atoms with E-state index in [1.165, 1.54) is 27.6 Å². The van der Waals surface area contributed by atoms with Crippen molar-refractivity contribution < 1.29 is 9.53 Å². The molecule has 29 heavy (non-hydrogen) atoms. The number of thiazole rings is 2. The molecule has 10 heteroatoms. The van der Waals surface area contributed by atoms with E-state index < -0.39 is 0 Å². The second-order valence-electron chi connectivity index (χ2n) is 6.85. The second kappa shape index (κ2) is 9.04. The van der Waals surface area contributed by atoms with Gasteiger partial charge in [0.15, 0.2) is 10.3 Å². The number of nitrogens with one attached hydrogen (secondary N) is 1. The van der Waals surface area contributed by atoms with Crippen molar-refractivity contribution in [2.24, 2.45) is 0 Å². The molecule has 1 aliphatic heterocycles. The van der Waals surface area contributed by atoms with Gasteiger partial charge in [0.1, 0.15) is 5.75 Å². The van der Waals surface area contributed by atoms with Gasteiger partial charge in [0.25, 0.3) is 0 Å². The predicted octanol–water partition coefficient (Wildman–Crippen LogP) is 2.49. The quantitative estimate of drug-likeness (QED) is 0.592. The van der Waals surface area contributed by atoms with Crippen LogP contribution in [0.4, 0.5) is 10.3 Å². The number of nitrogens with zero attached hydrogens (tertiary/aromatic N) is 4. The van der Waals surface area contributed by atoms with Crippen molar-refractivity contribution in [2.75, 3.05) is 50.4 Å². The number of amides is 1. The minimum atomic E-state index is -0.0298. The Balaban J connectivity index is 1.26. The molecule has 0 aliphatic carbocycles. The summed E-state index contributed by atoms with van der Waals surface area (Å²) in [5.41, 5.74) is 6.56. The van der Waals surface area contributed by atoms with Crippen molar-refractivity contribution in [3.05, 3.63) is 29.3 Å². The van der Waals surface area contributed by atoms with Gasteiger partial charge in [-0.05, 0) is 25.1 Å². The summed E-state index contributed by atoms with van der Waals surface area (Å²) in [7, 11) is 0. The Labute approximate surface area is 177 Å². The molecule has 2 aromatic heterocycles. The molecule has 3 heterocycles. The maximum atomic E-state index is 12.5. The molecular formula is C19H24N6O2S2. The number of carbonyl (C=O) groups is 1. The number of carbonyl (C=O) groups excluding carboxylic acids is 1. The molecule has 4 rings (SSSR count). The van der Waals surface area contributed by atoms with Crippen LogP contribution in [0.3, 0.4) is 0 Å². The molecule has 8 nitrogen and oxygen atoms in total. The van der Waals surface area contributed by atoms with E-state index in [1.54, 1.807) is 0 Å². The van der Waals surface area contributed by atoms with E-state index in [9.17, 15) is 4.79 Å². The summed E-state index contributed by atoms with van der Waals surface area (Å²) in [6, 6.07) is 5.78. The van der Waals surface area contributed by atoms with Crippen LogP contribution >= 0.6 is 22.7 Å². The van der Waals surface area contributed by atoms with E-state index in [0.29, 0.717) is 23.4 Å². The fourth-order valence-corrected chi connectivity index (χ4v) is 4.94. The van der Waals surface area contributed by atoms with Crippen LogP contribution < -0.4 is 15.8 Å². The topological polar surface area (TPSA) is 96.6 Å². The number of nitrogens with two attached hydrogens (primary N) is 1. The summed E-state index contributed by atoms with van der Waals surface area (Å²) >= 11 is 3.00. The summed E-state index contributed by atoms with van der Waals surface area (Å²) < 4.78 is 6.53. The Hall–Kier alpha value is -2.27. The maximum Gasteiger partial charge on any atom is 0.240 e. The molecule has 0 atom stereocenters. The van der Waals surface area contributed by atoms with Gasteiger partial charge in [-0.3, -0.25) is 14.6 Å².